The first-order chi connectivity index (χ1) is 13.3. The van der Waals surface area contributed by atoms with Crippen LogP contribution in [0.3, 0.4) is 0 Å². The largest absolute Gasteiger partial charge is 0.416 e. The van der Waals surface area contributed by atoms with Crippen LogP contribution in [0.1, 0.15) is 16.1 Å². The number of pyridine rings is 1. The molecule has 0 aliphatic heterocycles. The molecule has 2 aromatic heterocycles. The van der Waals surface area contributed by atoms with Crippen molar-refractivity contribution < 1.29 is 27.6 Å². The first-order valence-electron chi connectivity index (χ1n) is 7.76. The summed E-state index contributed by atoms with van der Waals surface area (Å²) in [5, 5.41) is 14.9. The summed E-state index contributed by atoms with van der Waals surface area (Å²) < 4.78 is 41.1. The van der Waals surface area contributed by atoms with Crippen LogP contribution in [-0.2, 0) is 6.18 Å². The minimum atomic E-state index is -4.32. The van der Waals surface area contributed by atoms with Crippen LogP contribution < -0.4 is 5.32 Å². The van der Waals surface area contributed by atoms with E-state index in [1.54, 1.807) is 6.07 Å². The van der Waals surface area contributed by atoms with Gasteiger partial charge in [0.1, 0.15) is 5.69 Å². The molecule has 0 spiro atoms. The van der Waals surface area contributed by atoms with Gasteiger partial charge in [-0.1, -0.05) is 28.9 Å². The summed E-state index contributed by atoms with van der Waals surface area (Å²) >= 11 is 5.59. The minimum absolute atomic E-state index is 0.0840. The van der Waals surface area contributed by atoms with Gasteiger partial charge in [-0.25, -0.2) is 4.98 Å². The Labute approximate surface area is 162 Å². The van der Waals surface area contributed by atoms with Gasteiger partial charge in [-0.05, 0) is 24.3 Å². The van der Waals surface area contributed by atoms with Gasteiger partial charge in [0.05, 0.1) is 17.2 Å². The number of amides is 1. The van der Waals surface area contributed by atoms with Crippen LogP contribution in [0.4, 0.5) is 13.2 Å². The zero-order chi connectivity index (χ0) is 20.6. The van der Waals surface area contributed by atoms with Gasteiger partial charge in [0.2, 0.25) is 12.2 Å². The average Bonchev–Trinajstić information content (AvgIpc) is 3.21. The fourth-order valence-electron chi connectivity index (χ4n) is 1.88. The Morgan fingerprint density at radius 1 is 1.14 bits per heavy atom. The lowest BCUT2D eigenvalue weighted by molar-refractivity contribution is -0.137. The zero-order valence-corrected chi connectivity index (χ0v) is 14.9. The Morgan fingerprint density at radius 2 is 1.86 bits per heavy atom. The molecule has 0 unspecified atom stereocenters. The highest BCUT2D eigenvalue weighted by atomic mass is 35.5. The summed E-state index contributed by atoms with van der Waals surface area (Å²) in [6.07, 6.45) is -1.81. The fraction of sp³-hybridized carbons (Fsp3) is 0.176. The molecule has 2 heterocycles. The Bertz CT molecular complexity index is 870. The van der Waals surface area contributed by atoms with Crippen LogP contribution in [0.25, 0.3) is 11.4 Å². The molecule has 3 aromatic rings. The molecule has 0 aliphatic rings. The molecule has 11 heteroatoms. The van der Waals surface area contributed by atoms with Crippen LogP contribution in [0.15, 0.2) is 53.5 Å². The van der Waals surface area contributed by atoms with E-state index < -0.39 is 11.7 Å². The van der Waals surface area contributed by atoms with Gasteiger partial charge in [0.15, 0.2) is 0 Å². The molecular formula is C17H14ClF3N4O3. The van der Waals surface area contributed by atoms with E-state index in [4.69, 9.17) is 16.7 Å². The van der Waals surface area contributed by atoms with Gasteiger partial charge in [0.25, 0.3) is 5.91 Å². The summed E-state index contributed by atoms with van der Waals surface area (Å²) in [6.45, 7) is 0.141. The lowest BCUT2D eigenvalue weighted by Crippen LogP contribution is -2.27. The molecule has 0 saturated carbocycles. The number of benzene rings is 1. The highest BCUT2D eigenvalue weighted by Gasteiger charge is 2.30. The maximum absolute atomic E-state index is 12.2. The van der Waals surface area contributed by atoms with E-state index in [0.29, 0.717) is 10.6 Å². The number of halogens is 4. The number of alkyl halides is 3. The molecule has 0 radical (unpaired) electrons. The Balaban J connectivity index is 0.000000203. The van der Waals surface area contributed by atoms with Crippen molar-refractivity contribution in [1.29, 1.82) is 0 Å². The van der Waals surface area contributed by atoms with Gasteiger partial charge >= 0.3 is 6.18 Å². The van der Waals surface area contributed by atoms with E-state index >= 15 is 0 Å². The zero-order valence-electron chi connectivity index (χ0n) is 14.2. The van der Waals surface area contributed by atoms with E-state index in [-0.39, 0.29) is 30.6 Å². The third-order valence-electron chi connectivity index (χ3n) is 3.19. The van der Waals surface area contributed by atoms with Gasteiger partial charge in [-0.3, -0.25) is 4.79 Å². The number of hydrogen-bond donors (Lipinski definition) is 2. The predicted octanol–water partition coefficient (Wildman–Crippen LogP) is 3.21. The maximum Gasteiger partial charge on any atom is 0.416 e. The second-order valence-corrected chi connectivity index (χ2v) is 5.61. The lowest BCUT2D eigenvalue weighted by atomic mass is 10.1. The number of nitrogens with one attached hydrogen (secondary N) is 1. The summed E-state index contributed by atoms with van der Waals surface area (Å²) in [5.41, 5.74) is 0.0735. The predicted molar refractivity (Wildman–Crippen MR) is 93.4 cm³/mol. The van der Waals surface area contributed by atoms with E-state index in [0.717, 1.165) is 18.5 Å². The quantitative estimate of drug-likeness (QED) is 0.679. The molecule has 1 aromatic carbocycles. The summed E-state index contributed by atoms with van der Waals surface area (Å²) in [7, 11) is 0. The summed E-state index contributed by atoms with van der Waals surface area (Å²) in [4.78, 5) is 18.7. The SMILES string of the molecule is FC(F)(F)c1ccc(-c2ncon2)cc1.O=C(NCCO)c1ccc(Cl)cn1. The molecule has 0 fully saturated rings. The monoisotopic (exact) mass is 414 g/mol. The molecule has 0 saturated heterocycles. The molecule has 0 bridgehead atoms. The minimum Gasteiger partial charge on any atom is -0.395 e. The normalized spacial score (nSPS) is 10.8. The standard InChI is InChI=1S/C9H5F3N2O.C8H9ClN2O2/c10-9(11,12)7-3-1-6(2-4-7)8-13-5-15-14-8;9-6-1-2-7(11-5-6)8(13)10-3-4-12/h1-5H;1-2,5,12H,3-4H2,(H,10,13). The Hall–Kier alpha value is -2.98. The van der Waals surface area contributed by atoms with E-state index in [2.05, 4.69) is 25.0 Å². The van der Waals surface area contributed by atoms with Crippen molar-refractivity contribution in [1.82, 2.24) is 20.4 Å². The molecular weight excluding hydrogens is 401 g/mol. The van der Waals surface area contributed by atoms with Crippen LogP contribution in [0, 0.1) is 0 Å². The fourth-order valence-corrected chi connectivity index (χ4v) is 1.99. The van der Waals surface area contributed by atoms with Crippen molar-refractivity contribution in [2.45, 2.75) is 6.18 Å². The number of carbonyl (C=O) groups excluding carboxylic acids is 1. The van der Waals surface area contributed by atoms with E-state index in [1.807, 2.05) is 0 Å². The maximum atomic E-state index is 12.2. The number of nitrogens with zero attached hydrogens (tertiary/aromatic N) is 3. The number of aromatic nitrogens is 3. The Kier molecular flexibility index (Phi) is 7.47. The van der Waals surface area contributed by atoms with Crippen molar-refractivity contribution in [2.24, 2.45) is 0 Å². The van der Waals surface area contributed by atoms with Crippen LogP contribution >= 0.6 is 11.6 Å². The first-order valence-corrected chi connectivity index (χ1v) is 8.13. The van der Waals surface area contributed by atoms with Crippen LogP contribution in [-0.4, -0.2) is 39.3 Å². The number of aliphatic hydroxyl groups excluding tert-OH is 1. The number of hydrogen-bond acceptors (Lipinski definition) is 6. The van der Waals surface area contributed by atoms with Crippen molar-refractivity contribution in [3.63, 3.8) is 0 Å². The second kappa shape index (κ2) is 9.81. The number of aliphatic hydroxyl groups is 1. The van der Waals surface area contributed by atoms with Gasteiger partial charge < -0.3 is 14.9 Å². The third kappa shape index (κ3) is 6.32. The average molecular weight is 415 g/mol. The number of rotatable bonds is 4. The van der Waals surface area contributed by atoms with Crippen molar-refractivity contribution in [3.8, 4) is 11.4 Å². The van der Waals surface area contributed by atoms with E-state index in [9.17, 15) is 18.0 Å². The second-order valence-electron chi connectivity index (χ2n) is 5.17. The molecule has 2 N–H and O–H groups in total. The van der Waals surface area contributed by atoms with Gasteiger partial charge in [0, 0.05) is 18.3 Å². The lowest BCUT2D eigenvalue weighted by Gasteiger charge is -2.05. The van der Waals surface area contributed by atoms with Crippen LogP contribution in [0.5, 0.6) is 0 Å². The smallest absolute Gasteiger partial charge is 0.395 e. The topological polar surface area (TPSA) is 101 Å². The van der Waals surface area contributed by atoms with E-state index in [1.165, 1.54) is 24.4 Å². The summed E-state index contributed by atoms with van der Waals surface area (Å²) in [6, 6.07) is 7.66. The highest BCUT2D eigenvalue weighted by Crippen LogP contribution is 2.30. The Morgan fingerprint density at radius 3 is 2.36 bits per heavy atom. The van der Waals surface area contributed by atoms with Crippen LogP contribution in [0.2, 0.25) is 5.02 Å². The summed E-state index contributed by atoms with van der Waals surface area (Å²) in [5.74, 6) is -0.0468. The molecule has 0 aliphatic carbocycles. The molecule has 3 rings (SSSR count). The molecule has 28 heavy (non-hydrogen) atoms. The van der Waals surface area contributed by atoms with Gasteiger partial charge in [-0.2, -0.15) is 18.2 Å². The third-order valence-corrected chi connectivity index (χ3v) is 3.41. The molecule has 7 nitrogen and oxygen atoms in total. The number of carbonyl (C=O) groups is 1. The van der Waals surface area contributed by atoms with Gasteiger partial charge in [-0.15, -0.1) is 0 Å². The molecule has 148 valence electrons. The van der Waals surface area contributed by atoms with Crippen molar-refractivity contribution in [3.05, 3.63) is 65.3 Å². The molecule has 0 atom stereocenters. The highest BCUT2D eigenvalue weighted by molar-refractivity contribution is 6.30. The van der Waals surface area contributed by atoms with Crippen molar-refractivity contribution in [2.75, 3.05) is 13.2 Å². The van der Waals surface area contributed by atoms with Crippen molar-refractivity contribution >= 4 is 17.5 Å². The first kappa shape index (κ1) is 21.3. The molecule has 1 amide bonds.